The fourth-order valence-corrected chi connectivity index (χ4v) is 2.45. The summed E-state index contributed by atoms with van der Waals surface area (Å²) >= 11 is 5.38. The van der Waals surface area contributed by atoms with Gasteiger partial charge < -0.3 is 14.5 Å². The molecule has 0 spiro atoms. The van der Waals surface area contributed by atoms with E-state index in [4.69, 9.17) is 21.7 Å². The molecule has 0 atom stereocenters. The van der Waals surface area contributed by atoms with Gasteiger partial charge in [0.1, 0.15) is 17.6 Å². The second kappa shape index (κ2) is 5.53. The van der Waals surface area contributed by atoms with Crippen LogP contribution in [0.1, 0.15) is 6.92 Å². The highest BCUT2D eigenvalue weighted by Crippen LogP contribution is 2.24. The third-order valence-corrected chi connectivity index (χ3v) is 3.32. The van der Waals surface area contributed by atoms with Crippen LogP contribution in [0.2, 0.25) is 0 Å². The van der Waals surface area contributed by atoms with Crippen LogP contribution < -0.4 is 9.47 Å². The van der Waals surface area contributed by atoms with Gasteiger partial charge in [0, 0.05) is 0 Å². The Labute approximate surface area is 126 Å². The maximum atomic E-state index is 5.44. The SMILES string of the molecule is CCOc1ccc(-n2c(=S)[nH]c3c(OC)ncnc32)cc1. The van der Waals surface area contributed by atoms with E-state index in [1.807, 2.05) is 35.8 Å². The third kappa shape index (κ3) is 2.36. The van der Waals surface area contributed by atoms with Gasteiger partial charge in [0.25, 0.3) is 0 Å². The number of fused-ring (bicyclic) bond motifs is 1. The van der Waals surface area contributed by atoms with Crippen molar-refractivity contribution < 1.29 is 9.47 Å². The van der Waals surface area contributed by atoms with Gasteiger partial charge in [-0.3, -0.25) is 4.57 Å². The molecule has 3 rings (SSSR count). The predicted octanol–water partition coefficient (Wildman–Crippen LogP) is 2.89. The lowest BCUT2D eigenvalue weighted by Gasteiger charge is -2.06. The lowest BCUT2D eigenvalue weighted by Crippen LogP contribution is -1.97. The Bertz CT molecular complexity index is 823. The summed E-state index contributed by atoms with van der Waals surface area (Å²) in [6.07, 6.45) is 1.45. The number of methoxy groups -OCH3 is 1. The molecule has 7 heteroatoms. The van der Waals surface area contributed by atoms with Gasteiger partial charge in [0.15, 0.2) is 10.4 Å². The zero-order valence-electron chi connectivity index (χ0n) is 11.7. The minimum atomic E-state index is 0.468. The molecule has 2 heterocycles. The van der Waals surface area contributed by atoms with Crippen LogP contribution in [0, 0.1) is 4.77 Å². The molecule has 0 saturated carbocycles. The van der Waals surface area contributed by atoms with Crippen molar-refractivity contribution in [3.63, 3.8) is 0 Å². The average molecular weight is 302 g/mol. The standard InChI is InChI=1S/C14H14N4O2S/c1-3-20-10-6-4-9(5-7-10)18-12-11(17-14(18)21)13(19-2)16-8-15-12/h4-8H,3H2,1-2H3,(H,17,21). The first-order valence-electron chi connectivity index (χ1n) is 6.47. The van der Waals surface area contributed by atoms with Gasteiger partial charge in [-0.2, -0.15) is 4.98 Å². The summed E-state index contributed by atoms with van der Waals surface area (Å²) in [4.78, 5) is 11.4. The van der Waals surface area contributed by atoms with Crippen LogP contribution >= 0.6 is 12.2 Å². The minimum Gasteiger partial charge on any atom is -0.494 e. The summed E-state index contributed by atoms with van der Waals surface area (Å²) in [5.74, 6) is 1.29. The normalized spacial score (nSPS) is 10.8. The number of ether oxygens (including phenoxy) is 2. The molecule has 0 bridgehead atoms. The van der Waals surface area contributed by atoms with E-state index in [2.05, 4.69) is 15.0 Å². The van der Waals surface area contributed by atoms with Crippen LogP contribution in [-0.4, -0.2) is 33.2 Å². The second-order valence-corrected chi connectivity index (χ2v) is 4.66. The molecule has 0 radical (unpaired) electrons. The Morgan fingerprint density at radius 1 is 1.24 bits per heavy atom. The highest BCUT2D eigenvalue weighted by molar-refractivity contribution is 7.71. The molecule has 0 saturated heterocycles. The van der Waals surface area contributed by atoms with Crippen LogP contribution in [0.5, 0.6) is 11.6 Å². The van der Waals surface area contributed by atoms with Gasteiger partial charge in [0.05, 0.1) is 19.4 Å². The highest BCUT2D eigenvalue weighted by Gasteiger charge is 2.12. The molecule has 0 amide bonds. The van der Waals surface area contributed by atoms with Crippen molar-refractivity contribution in [2.45, 2.75) is 6.92 Å². The molecule has 2 aromatic heterocycles. The summed E-state index contributed by atoms with van der Waals surface area (Å²) in [7, 11) is 1.56. The third-order valence-electron chi connectivity index (χ3n) is 3.04. The quantitative estimate of drug-likeness (QED) is 0.751. The van der Waals surface area contributed by atoms with Crippen molar-refractivity contribution in [1.29, 1.82) is 0 Å². The predicted molar refractivity (Wildman–Crippen MR) is 81.8 cm³/mol. The summed E-state index contributed by atoms with van der Waals surface area (Å²) in [5, 5.41) is 0. The van der Waals surface area contributed by atoms with Crippen molar-refractivity contribution in [1.82, 2.24) is 19.5 Å². The molecule has 1 N–H and O–H groups in total. The van der Waals surface area contributed by atoms with E-state index in [-0.39, 0.29) is 0 Å². The molecule has 0 unspecified atom stereocenters. The number of aromatic nitrogens is 4. The lowest BCUT2D eigenvalue weighted by molar-refractivity contribution is 0.340. The van der Waals surface area contributed by atoms with E-state index in [1.165, 1.54) is 6.33 Å². The zero-order chi connectivity index (χ0) is 14.8. The van der Waals surface area contributed by atoms with Crippen molar-refractivity contribution in [3.8, 4) is 17.3 Å². The first-order valence-corrected chi connectivity index (χ1v) is 6.88. The van der Waals surface area contributed by atoms with Crippen LogP contribution in [0.15, 0.2) is 30.6 Å². The molecule has 21 heavy (non-hydrogen) atoms. The van der Waals surface area contributed by atoms with Crippen molar-refractivity contribution >= 4 is 23.4 Å². The van der Waals surface area contributed by atoms with Crippen LogP contribution in [0.3, 0.4) is 0 Å². The Morgan fingerprint density at radius 2 is 2.00 bits per heavy atom. The number of nitrogens with one attached hydrogen (secondary N) is 1. The van der Waals surface area contributed by atoms with Gasteiger partial charge in [-0.25, -0.2) is 4.98 Å². The number of hydrogen-bond donors (Lipinski definition) is 1. The monoisotopic (exact) mass is 302 g/mol. The molecule has 3 aromatic rings. The van der Waals surface area contributed by atoms with E-state index in [1.54, 1.807) is 7.11 Å². The van der Waals surface area contributed by atoms with Crippen LogP contribution in [-0.2, 0) is 0 Å². The van der Waals surface area contributed by atoms with Gasteiger partial charge in [-0.15, -0.1) is 0 Å². The molecule has 0 aliphatic rings. The smallest absolute Gasteiger partial charge is 0.242 e. The summed E-state index contributed by atoms with van der Waals surface area (Å²) in [6, 6.07) is 7.67. The topological polar surface area (TPSA) is 65.0 Å². The number of H-pyrrole nitrogens is 1. The average Bonchev–Trinajstić information content (AvgIpc) is 2.84. The lowest BCUT2D eigenvalue weighted by atomic mass is 10.3. The Kier molecular flexibility index (Phi) is 3.57. The molecule has 0 aliphatic carbocycles. The highest BCUT2D eigenvalue weighted by atomic mass is 32.1. The minimum absolute atomic E-state index is 0.468. The first-order chi connectivity index (χ1) is 10.2. The molecule has 0 fully saturated rings. The van der Waals surface area contributed by atoms with E-state index >= 15 is 0 Å². The number of benzene rings is 1. The fraction of sp³-hybridized carbons (Fsp3) is 0.214. The number of imidazole rings is 1. The molecule has 6 nitrogen and oxygen atoms in total. The van der Waals surface area contributed by atoms with Crippen LogP contribution in [0.25, 0.3) is 16.9 Å². The molecular formula is C14H14N4O2S. The first kappa shape index (κ1) is 13.6. The van der Waals surface area contributed by atoms with Crippen molar-refractivity contribution in [2.24, 2.45) is 0 Å². The van der Waals surface area contributed by atoms with Crippen LogP contribution in [0.4, 0.5) is 0 Å². The summed E-state index contributed by atoms with van der Waals surface area (Å²) in [5.41, 5.74) is 2.25. The fourth-order valence-electron chi connectivity index (χ4n) is 2.15. The number of aromatic amines is 1. The molecule has 1 aromatic carbocycles. The van der Waals surface area contributed by atoms with Gasteiger partial charge in [-0.05, 0) is 43.4 Å². The maximum Gasteiger partial charge on any atom is 0.242 e. The van der Waals surface area contributed by atoms with E-state index in [9.17, 15) is 0 Å². The molecular weight excluding hydrogens is 288 g/mol. The van der Waals surface area contributed by atoms with Crippen molar-refractivity contribution in [3.05, 3.63) is 35.4 Å². The van der Waals surface area contributed by atoms with Gasteiger partial charge in [0.2, 0.25) is 5.88 Å². The Morgan fingerprint density at radius 3 is 2.67 bits per heavy atom. The number of hydrogen-bond acceptors (Lipinski definition) is 5. The van der Waals surface area contributed by atoms with E-state index < -0.39 is 0 Å². The largest absolute Gasteiger partial charge is 0.494 e. The van der Waals surface area contributed by atoms with E-state index in [0.717, 1.165) is 11.4 Å². The molecule has 108 valence electrons. The molecule has 0 aliphatic heterocycles. The maximum absolute atomic E-state index is 5.44. The summed E-state index contributed by atoms with van der Waals surface area (Å²) in [6.45, 7) is 2.59. The van der Waals surface area contributed by atoms with Gasteiger partial charge in [-0.1, -0.05) is 0 Å². The van der Waals surface area contributed by atoms with Crippen molar-refractivity contribution in [2.75, 3.05) is 13.7 Å². The Balaban J connectivity index is 2.16. The zero-order valence-corrected chi connectivity index (χ0v) is 12.5. The van der Waals surface area contributed by atoms with Gasteiger partial charge >= 0.3 is 0 Å². The number of rotatable bonds is 4. The Hall–Kier alpha value is -2.41. The number of nitrogens with zero attached hydrogens (tertiary/aromatic N) is 3. The second-order valence-electron chi connectivity index (χ2n) is 4.27. The van der Waals surface area contributed by atoms with E-state index in [0.29, 0.717) is 28.4 Å². The summed E-state index contributed by atoms with van der Waals surface area (Å²) < 4.78 is 13.0.